The Kier molecular flexibility index (Phi) is 3.52. The summed E-state index contributed by atoms with van der Waals surface area (Å²) in [6.07, 6.45) is 0.511. The molecule has 2 rings (SSSR count). The van der Waals surface area contributed by atoms with Crippen LogP contribution < -0.4 is 0 Å². The summed E-state index contributed by atoms with van der Waals surface area (Å²) in [5.74, 6) is 0.532. The van der Waals surface area contributed by atoms with Crippen LogP contribution in [0.5, 0.6) is 0 Å². The standard InChI is InChI=1S/C11H14ClNO2S/c12-6-3-7-16(14,15)13-8-10-4-1-2-5-11(10)9-13/h1-2,4-5H,3,6-9H2. The molecular formula is C11H14ClNO2S. The summed E-state index contributed by atoms with van der Waals surface area (Å²) in [6.45, 7) is 1.00. The van der Waals surface area contributed by atoms with Crippen LogP contribution in [0.4, 0.5) is 0 Å². The number of rotatable bonds is 4. The molecule has 1 aromatic carbocycles. The third-order valence-electron chi connectivity index (χ3n) is 2.74. The average molecular weight is 260 g/mol. The zero-order valence-electron chi connectivity index (χ0n) is 8.89. The van der Waals surface area contributed by atoms with Crippen molar-refractivity contribution in [3.63, 3.8) is 0 Å². The van der Waals surface area contributed by atoms with E-state index in [9.17, 15) is 8.42 Å². The molecule has 0 bridgehead atoms. The molecule has 0 N–H and O–H groups in total. The van der Waals surface area contributed by atoms with Gasteiger partial charge in [0, 0.05) is 19.0 Å². The van der Waals surface area contributed by atoms with Crippen LogP contribution >= 0.6 is 11.6 Å². The number of nitrogens with zero attached hydrogens (tertiary/aromatic N) is 1. The van der Waals surface area contributed by atoms with Crippen molar-refractivity contribution in [1.29, 1.82) is 0 Å². The quantitative estimate of drug-likeness (QED) is 0.776. The molecule has 1 aliphatic heterocycles. The van der Waals surface area contributed by atoms with Crippen molar-refractivity contribution in [3.8, 4) is 0 Å². The fourth-order valence-electron chi connectivity index (χ4n) is 1.86. The monoisotopic (exact) mass is 259 g/mol. The largest absolute Gasteiger partial charge is 0.214 e. The van der Waals surface area contributed by atoms with Gasteiger partial charge in [-0.25, -0.2) is 8.42 Å². The first-order chi connectivity index (χ1) is 7.63. The zero-order valence-corrected chi connectivity index (χ0v) is 10.5. The molecule has 88 valence electrons. The highest BCUT2D eigenvalue weighted by atomic mass is 35.5. The van der Waals surface area contributed by atoms with Gasteiger partial charge in [0.25, 0.3) is 0 Å². The Hall–Kier alpha value is -0.580. The minimum atomic E-state index is -3.14. The number of alkyl halides is 1. The van der Waals surface area contributed by atoms with Crippen LogP contribution in [0.25, 0.3) is 0 Å². The van der Waals surface area contributed by atoms with E-state index in [2.05, 4.69) is 0 Å². The van der Waals surface area contributed by atoms with Gasteiger partial charge in [-0.15, -0.1) is 11.6 Å². The van der Waals surface area contributed by atoms with Gasteiger partial charge in [-0.2, -0.15) is 4.31 Å². The number of sulfonamides is 1. The van der Waals surface area contributed by atoms with Crippen molar-refractivity contribution in [2.24, 2.45) is 0 Å². The molecule has 1 aliphatic rings. The molecule has 1 aromatic rings. The molecule has 0 aliphatic carbocycles. The third-order valence-corrected chi connectivity index (χ3v) is 4.86. The van der Waals surface area contributed by atoms with Gasteiger partial charge in [-0.3, -0.25) is 0 Å². The van der Waals surface area contributed by atoms with Crippen LogP contribution in [0.3, 0.4) is 0 Å². The molecule has 0 spiro atoms. The minimum absolute atomic E-state index is 0.143. The third kappa shape index (κ3) is 2.39. The van der Waals surface area contributed by atoms with E-state index in [0.29, 0.717) is 25.4 Å². The number of hydrogen-bond donors (Lipinski definition) is 0. The fraction of sp³-hybridized carbons (Fsp3) is 0.455. The van der Waals surface area contributed by atoms with Crippen LogP contribution in [-0.2, 0) is 23.1 Å². The first-order valence-corrected chi connectivity index (χ1v) is 7.38. The van der Waals surface area contributed by atoms with Crippen LogP contribution in [0.2, 0.25) is 0 Å². The van der Waals surface area contributed by atoms with Crippen LogP contribution in [0.1, 0.15) is 17.5 Å². The van der Waals surface area contributed by atoms with E-state index in [-0.39, 0.29) is 5.75 Å². The molecule has 16 heavy (non-hydrogen) atoms. The molecule has 1 heterocycles. The Balaban J connectivity index is 2.11. The van der Waals surface area contributed by atoms with E-state index in [1.54, 1.807) is 0 Å². The van der Waals surface area contributed by atoms with Crippen molar-refractivity contribution in [2.75, 3.05) is 11.6 Å². The normalized spacial score (nSPS) is 16.3. The molecule has 3 nitrogen and oxygen atoms in total. The maximum absolute atomic E-state index is 11.9. The summed E-state index contributed by atoms with van der Waals surface area (Å²) >= 11 is 5.52. The zero-order chi connectivity index (χ0) is 11.6. The Morgan fingerprint density at radius 3 is 2.25 bits per heavy atom. The van der Waals surface area contributed by atoms with Crippen molar-refractivity contribution < 1.29 is 8.42 Å². The maximum atomic E-state index is 11.9. The smallest absolute Gasteiger partial charge is 0.212 e. The highest BCUT2D eigenvalue weighted by molar-refractivity contribution is 7.89. The van der Waals surface area contributed by atoms with Crippen LogP contribution in [0.15, 0.2) is 24.3 Å². The lowest BCUT2D eigenvalue weighted by molar-refractivity contribution is 0.431. The second kappa shape index (κ2) is 4.73. The maximum Gasteiger partial charge on any atom is 0.214 e. The summed E-state index contributed by atoms with van der Waals surface area (Å²) in [5, 5.41) is 0. The van der Waals surface area contributed by atoms with Gasteiger partial charge in [-0.05, 0) is 17.5 Å². The molecule has 0 saturated carbocycles. The summed E-state index contributed by atoms with van der Waals surface area (Å²) < 4.78 is 25.4. The predicted molar refractivity (Wildman–Crippen MR) is 64.8 cm³/mol. The van der Waals surface area contributed by atoms with E-state index in [1.165, 1.54) is 4.31 Å². The van der Waals surface area contributed by atoms with E-state index >= 15 is 0 Å². The summed E-state index contributed by atoms with van der Waals surface area (Å²) in [5.41, 5.74) is 2.22. The lowest BCUT2D eigenvalue weighted by Crippen LogP contribution is -2.28. The van der Waals surface area contributed by atoms with Crippen LogP contribution in [0, 0.1) is 0 Å². The molecule has 0 amide bonds. The SMILES string of the molecule is O=S(=O)(CCCCl)N1Cc2ccccc2C1. The summed E-state index contributed by atoms with van der Waals surface area (Å²) in [7, 11) is -3.14. The molecule has 0 aromatic heterocycles. The predicted octanol–water partition coefficient (Wildman–Crippen LogP) is 1.96. The van der Waals surface area contributed by atoms with Gasteiger partial charge in [-0.1, -0.05) is 24.3 Å². The second-order valence-electron chi connectivity index (χ2n) is 3.90. The molecular weight excluding hydrogens is 246 g/mol. The van der Waals surface area contributed by atoms with Gasteiger partial charge < -0.3 is 0 Å². The molecule has 5 heteroatoms. The van der Waals surface area contributed by atoms with Crippen LogP contribution in [-0.4, -0.2) is 24.4 Å². The summed E-state index contributed by atoms with van der Waals surface area (Å²) in [4.78, 5) is 0. The Morgan fingerprint density at radius 1 is 1.19 bits per heavy atom. The van der Waals surface area contributed by atoms with E-state index in [1.807, 2.05) is 24.3 Å². The number of hydrogen-bond acceptors (Lipinski definition) is 2. The molecule has 0 fully saturated rings. The first kappa shape index (κ1) is 11.9. The second-order valence-corrected chi connectivity index (χ2v) is 6.36. The van der Waals surface area contributed by atoms with Crippen molar-refractivity contribution >= 4 is 21.6 Å². The topological polar surface area (TPSA) is 37.4 Å². The summed E-state index contributed by atoms with van der Waals surface area (Å²) in [6, 6.07) is 7.83. The van der Waals surface area contributed by atoms with Gasteiger partial charge in [0.1, 0.15) is 0 Å². The van der Waals surface area contributed by atoms with Crippen molar-refractivity contribution in [1.82, 2.24) is 4.31 Å². The van der Waals surface area contributed by atoms with Crippen molar-refractivity contribution in [3.05, 3.63) is 35.4 Å². The number of fused-ring (bicyclic) bond motifs is 1. The highest BCUT2D eigenvalue weighted by Crippen LogP contribution is 2.25. The fourth-order valence-corrected chi connectivity index (χ4v) is 3.60. The molecule has 0 saturated heterocycles. The Labute approximate surface area is 101 Å². The van der Waals surface area contributed by atoms with E-state index < -0.39 is 10.0 Å². The number of halogens is 1. The minimum Gasteiger partial charge on any atom is -0.212 e. The van der Waals surface area contributed by atoms with Gasteiger partial charge in [0.2, 0.25) is 10.0 Å². The van der Waals surface area contributed by atoms with E-state index in [0.717, 1.165) is 11.1 Å². The van der Waals surface area contributed by atoms with Gasteiger partial charge in [0.15, 0.2) is 0 Å². The molecule has 0 atom stereocenters. The lowest BCUT2D eigenvalue weighted by Gasteiger charge is -2.14. The first-order valence-electron chi connectivity index (χ1n) is 5.24. The average Bonchev–Trinajstić information content (AvgIpc) is 2.71. The van der Waals surface area contributed by atoms with Gasteiger partial charge in [0.05, 0.1) is 5.75 Å². The highest BCUT2D eigenvalue weighted by Gasteiger charge is 2.28. The van der Waals surface area contributed by atoms with E-state index in [4.69, 9.17) is 11.6 Å². The molecule has 0 radical (unpaired) electrons. The Morgan fingerprint density at radius 2 is 1.75 bits per heavy atom. The Bertz CT molecular complexity index is 448. The lowest BCUT2D eigenvalue weighted by atomic mass is 10.1. The van der Waals surface area contributed by atoms with Gasteiger partial charge >= 0.3 is 0 Å². The molecule has 0 unspecified atom stereocenters. The number of benzene rings is 1. The van der Waals surface area contributed by atoms with Crippen molar-refractivity contribution in [2.45, 2.75) is 19.5 Å².